The molecule has 112 valence electrons. The van der Waals surface area contributed by atoms with Crippen LogP contribution in [-0.4, -0.2) is 18.8 Å². The molecule has 0 aliphatic heterocycles. The summed E-state index contributed by atoms with van der Waals surface area (Å²) in [6.07, 6.45) is 5.66. The molecule has 5 nitrogen and oxygen atoms in total. The molecule has 0 unspecified atom stereocenters. The summed E-state index contributed by atoms with van der Waals surface area (Å²) in [6, 6.07) is 4.79. The molecule has 0 fully saturated rings. The maximum absolute atomic E-state index is 12.0. The monoisotopic (exact) mass is 290 g/mol. The zero-order valence-electron chi connectivity index (χ0n) is 12.1. The average molecular weight is 290 g/mol. The first-order valence-corrected chi connectivity index (χ1v) is 6.79. The zero-order valence-corrected chi connectivity index (χ0v) is 12.1. The SMILES string of the molecule is CC/C=C/CCOc1c(OC)c2cccc(O)c2oc1=O. The number of hydrogen-bond donors (Lipinski definition) is 1. The molecule has 0 aliphatic carbocycles. The lowest BCUT2D eigenvalue weighted by Gasteiger charge is -2.11. The van der Waals surface area contributed by atoms with Crippen molar-refractivity contribution in [2.75, 3.05) is 13.7 Å². The molecule has 0 aliphatic rings. The molecule has 0 bridgehead atoms. The number of aromatic hydroxyl groups is 1. The van der Waals surface area contributed by atoms with Gasteiger partial charge < -0.3 is 19.0 Å². The summed E-state index contributed by atoms with van der Waals surface area (Å²) in [5.41, 5.74) is -0.571. The molecule has 0 saturated carbocycles. The fourth-order valence-corrected chi connectivity index (χ4v) is 2.01. The fraction of sp³-hybridized carbons (Fsp3) is 0.312. The van der Waals surface area contributed by atoms with Crippen molar-refractivity contribution >= 4 is 11.0 Å². The smallest absolute Gasteiger partial charge is 0.383 e. The lowest BCUT2D eigenvalue weighted by Crippen LogP contribution is -2.10. The Balaban J connectivity index is 2.37. The van der Waals surface area contributed by atoms with Crippen LogP contribution in [0, 0.1) is 0 Å². The minimum Gasteiger partial charge on any atom is -0.504 e. The van der Waals surface area contributed by atoms with E-state index >= 15 is 0 Å². The molecular formula is C16H18O5. The highest BCUT2D eigenvalue weighted by atomic mass is 16.5. The second-order valence-electron chi connectivity index (χ2n) is 4.42. The number of rotatable bonds is 6. The summed E-state index contributed by atoms with van der Waals surface area (Å²) < 4.78 is 15.9. The molecule has 2 rings (SSSR count). The zero-order chi connectivity index (χ0) is 15.2. The number of fused-ring (bicyclic) bond motifs is 1. The molecule has 0 atom stereocenters. The van der Waals surface area contributed by atoms with E-state index in [0.717, 1.165) is 6.42 Å². The number of para-hydroxylation sites is 1. The highest BCUT2D eigenvalue weighted by molar-refractivity contribution is 5.89. The van der Waals surface area contributed by atoms with Crippen molar-refractivity contribution in [3.8, 4) is 17.2 Å². The predicted octanol–water partition coefficient (Wildman–Crippen LogP) is 3.24. The van der Waals surface area contributed by atoms with E-state index < -0.39 is 5.63 Å². The maximum Gasteiger partial charge on any atom is 0.383 e. The van der Waals surface area contributed by atoms with Crippen molar-refractivity contribution in [2.24, 2.45) is 0 Å². The quantitative estimate of drug-likeness (QED) is 0.502. The highest BCUT2D eigenvalue weighted by Gasteiger charge is 2.18. The summed E-state index contributed by atoms with van der Waals surface area (Å²) in [5.74, 6) is 0.192. The lowest BCUT2D eigenvalue weighted by atomic mass is 10.2. The van der Waals surface area contributed by atoms with Crippen LogP contribution >= 0.6 is 0 Å². The Labute approximate surface area is 122 Å². The Hall–Kier alpha value is -2.43. The van der Waals surface area contributed by atoms with Crippen molar-refractivity contribution in [3.05, 3.63) is 40.8 Å². The predicted molar refractivity (Wildman–Crippen MR) is 80.2 cm³/mol. The van der Waals surface area contributed by atoms with E-state index in [1.165, 1.54) is 13.2 Å². The summed E-state index contributed by atoms with van der Waals surface area (Å²) >= 11 is 0. The van der Waals surface area contributed by atoms with Gasteiger partial charge in [0.15, 0.2) is 17.1 Å². The van der Waals surface area contributed by atoms with Crippen LogP contribution in [0.5, 0.6) is 17.2 Å². The van der Waals surface area contributed by atoms with E-state index in [9.17, 15) is 9.90 Å². The summed E-state index contributed by atoms with van der Waals surface area (Å²) in [5, 5.41) is 10.2. The molecule has 0 saturated heterocycles. The van der Waals surface area contributed by atoms with Gasteiger partial charge in [0.2, 0.25) is 5.75 Å². The molecule has 1 aromatic heterocycles. The van der Waals surface area contributed by atoms with Gasteiger partial charge in [0, 0.05) is 0 Å². The minimum atomic E-state index is -0.666. The number of benzene rings is 1. The van der Waals surface area contributed by atoms with E-state index in [1.807, 2.05) is 19.1 Å². The molecule has 21 heavy (non-hydrogen) atoms. The third-order valence-corrected chi connectivity index (χ3v) is 2.96. The molecule has 0 amide bonds. The molecule has 2 aromatic rings. The van der Waals surface area contributed by atoms with Gasteiger partial charge in [0.25, 0.3) is 0 Å². The van der Waals surface area contributed by atoms with E-state index in [2.05, 4.69) is 0 Å². The van der Waals surface area contributed by atoms with E-state index in [-0.39, 0.29) is 22.8 Å². The summed E-state index contributed by atoms with van der Waals surface area (Å²) in [6.45, 7) is 2.40. The Morgan fingerprint density at radius 3 is 2.81 bits per heavy atom. The van der Waals surface area contributed by atoms with Gasteiger partial charge in [-0.2, -0.15) is 0 Å². The topological polar surface area (TPSA) is 68.9 Å². The van der Waals surface area contributed by atoms with Gasteiger partial charge in [-0.3, -0.25) is 0 Å². The number of hydrogen-bond acceptors (Lipinski definition) is 5. The van der Waals surface area contributed by atoms with Crippen LogP contribution in [0.25, 0.3) is 11.0 Å². The van der Waals surface area contributed by atoms with E-state index in [1.54, 1.807) is 12.1 Å². The highest BCUT2D eigenvalue weighted by Crippen LogP contribution is 2.35. The second kappa shape index (κ2) is 6.83. The molecule has 1 heterocycles. The first-order valence-electron chi connectivity index (χ1n) is 6.79. The van der Waals surface area contributed by atoms with Crippen LogP contribution in [0.4, 0.5) is 0 Å². The summed E-state index contributed by atoms with van der Waals surface area (Å²) in [7, 11) is 1.45. The third kappa shape index (κ3) is 3.18. The largest absolute Gasteiger partial charge is 0.504 e. The van der Waals surface area contributed by atoms with Gasteiger partial charge in [-0.05, 0) is 25.0 Å². The number of phenolic OH excluding ortho intramolecular Hbond substituents is 1. The molecule has 1 aromatic carbocycles. The standard InChI is InChI=1S/C16H18O5/c1-3-4-5-6-10-20-15-14(19-2)11-8-7-9-12(17)13(11)21-16(15)18/h4-5,7-9,17H,3,6,10H2,1-2H3/b5-4+. The fourth-order valence-electron chi connectivity index (χ4n) is 2.01. The van der Waals surface area contributed by atoms with Crippen LogP contribution in [0.3, 0.4) is 0 Å². The third-order valence-electron chi connectivity index (χ3n) is 2.96. The van der Waals surface area contributed by atoms with Crippen molar-refractivity contribution < 1.29 is 19.0 Å². The Morgan fingerprint density at radius 2 is 2.10 bits per heavy atom. The van der Waals surface area contributed by atoms with Crippen molar-refractivity contribution in [1.29, 1.82) is 0 Å². The van der Waals surface area contributed by atoms with Crippen molar-refractivity contribution in [2.45, 2.75) is 19.8 Å². The lowest BCUT2D eigenvalue weighted by molar-refractivity contribution is 0.285. The Kier molecular flexibility index (Phi) is 4.87. The van der Waals surface area contributed by atoms with Gasteiger partial charge in [-0.1, -0.05) is 25.1 Å². The van der Waals surface area contributed by atoms with Crippen molar-refractivity contribution in [3.63, 3.8) is 0 Å². The van der Waals surface area contributed by atoms with Gasteiger partial charge in [0.1, 0.15) is 0 Å². The Morgan fingerprint density at radius 1 is 1.29 bits per heavy atom. The van der Waals surface area contributed by atoms with Gasteiger partial charge in [0.05, 0.1) is 19.1 Å². The second-order valence-corrected chi connectivity index (χ2v) is 4.42. The van der Waals surface area contributed by atoms with Gasteiger partial charge in [-0.15, -0.1) is 0 Å². The minimum absolute atomic E-state index is 0.0282. The normalized spacial score (nSPS) is 11.1. The summed E-state index contributed by atoms with van der Waals surface area (Å²) in [4.78, 5) is 12.0. The van der Waals surface area contributed by atoms with Crippen LogP contribution in [0.2, 0.25) is 0 Å². The van der Waals surface area contributed by atoms with Crippen LogP contribution < -0.4 is 15.1 Å². The van der Waals surface area contributed by atoms with Crippen LogP contribution in [-0.2, 0) is 0 Å². The number of ether oxygens (including phenoxy) is 2. The molecule has 0 radical (unpaired) electrons. The number of allylic oxidation sites excluding steroid dienone is 1. The number of methoxy groups -OCH3 is 1. The Bertz CT molecular complexity index is 700. The first kappa shape index (κ1) is 15.0. The molecule has 1 N–H and O–H groups in total. The molecular weight excluding hydrogens is 272 g/mol. The van der Waals surface area contributed by atoms with Crippen molar-refractivity contribution in [1.82, 2.24) is 0 Å². The van der Waals surface area contributed by atoms with Gasteiger partial charge >= 0.3 is 5.63 Å². The van der Waals surface area contributed by atoms with Gasteiger partial charge in [-0.25, -0.2) is 4.79 Å². The molecule has 5 heteroatoms. The first-order chi connectivity index (χ1) is 10.2. The molecule has 0 spiro atoms. The van der Waals surface area contributed by atoms with E-state index in [4.69, 9.17) is 13.9 Å². The average Bonchev–Trinajstić information content (AvgIpc) is 2.48. The van der Waals surface area contributed by atoms with Crippen LogP contribution in [0.1, 0.15) is 19.8 Å². The van der Waals surface area contributed by atoms with E-state index in [0.29, 0.717) is 18.4 Å². The maximum atomic E-state index is 12.0. The number of phenols is 1. The van der Waals surface area contributed by atoms with Crippen LogP contribution in [0.15, 0.2) is 39.6 Å².